The van der Waals surface area contributed by atoms with Crippen molar-refractivity contribution < 1.29 is 85.0 Å². The van der Waals surface area contributed by atoms with E-state index in [-0.39, 0.29) is 72.3 Å². The number of hydrogen-bond acceptors (Lipinski definition) is 8. The Hall–Kier alpha value is 2.58. The monoisotopic (exact) mass is 382 g/mol. The Balaban J connectivity index is -0.00000144. The van der Waals surface area contributed by atoms with Crippen LogP contribution in [-0.2, 0) is 48.8 Å². The minimum atomic E-state index is -3.74. The zero-order valence-electron chi connectivity index (χ0n) is 11.7. The van der Waals surface area contributed by atoms with E-state index in [0.29, 0.717) is 12.8 Å². The second kappa shape index (κ2) is 15.1. The van der Waals surface area contributed by atoms with E-state index in [4.69, 9.17) is 0 Å². The van der Waals surface area contributed by atoms with Crippen molar-refractivity contribution in [1.29, 1.82) is 0 Å². The molecule has 0 amide bonds. The molecule has 0 rings (SSSR count). The van der Waals surface area contributed by atoms with Gasteiger partial charge in [0.2, 0.25) is 0 Å². The third kappa shape index (κ3) is 25.5. The first-order valence-corrected chi connectivity index (χ1v) is 10.1. The summed E-state index contributed by atoms with van der Waals surface area (Å²) in [6, 6.07) is 0. The van der Waals surface area contributed by atoms with Crippen LogP contribution in [0.2, 0.25) is 0 Å². The fraction of sp³-hybridized carbons (Fsp3) is 1.00. The number of unbranched alkanes of at least 4 members (excludes halogenated alkanes) is 5. The normalized spacial score (nSPS) is 16.3. The second-order valence-electron chi connectivity index (χ2n) is 3.58. The Morgan fingerprint density at radius 1 is 0.700 bits per heavy atom. The van der Waals surface area contributed by atoms with E-state index in [1.807, 2.05) is 0 Å². The third-order valence-corrected chi connectivity index (χ3v) is 3.48. The van der Waals surface area contributed by atoms with Crippen LogP contribution in [-0.4, -0.2) is 30.7 Å². The Bertz CT molecular complexity index is 371. The van der Waals surface area contributed by atoms with E-state index in [9.17, 15) is 17.5 Å². The van der Waals surface area contributed by atoms with Gasteiger partial charge in [-0.05, 0) is 35.2 Å². The topological polar surface area (TPSA) is 98.7 Å². The molecule has 0 aromatic heterocycles. The SMILES string of the molecule is O=S([O-])(=S)OCCCCCCCCOS(=O)([O-])=S.[Na+].[Na+]. The molecule has 0 radical (unpaired) electrons. The van der Waals surface area contributed by atoms with Crippen molar-refractivity contribution in [2.75, 3.05) is 13.2 Å². The van der Waals surface area contributed by atoms with Crippen molar-refractivity contribution >= 4 is 40.5 Å². The standard InChI is InChI=1S/C8H18O6S4.2Na/c9-17(10,15)13-7-5-3-1-2-4-6-8-14-18(11,12)16;;/h1-8H2,(H,9,10,15)(H,11,12,16);;/q;2*+1/p-2. The first kappa shape index (κ1) is 27.4. The van der Waals surface area contributed by atoms with Gasteiger partial charge in [0.1, 0.15) is 0 Å². The molecule has 110 valence electrons. The van der Waals surface area contributed by atoms with Crippen molar-refractivity contribution in [1.82, 2.24) is 0 Å². The zero-order valence-corrected chi connectivity index (χ0v) is 19.0. The average molecular weight is 382 g/mol. The van der Waals surface area contributed by atoms with Gasteiger partial charge in [-0.25, -0.2) is 8.42 Å². The molecule has 6 nitrogen and oxygen atoms in total. The van der Waals surface area contributed by atoms with E-state index in [0.717, 1.165) is 25.7 Å². The van der Waals surface area contributed by atoms with Crippen LogP contribution in [0.15, 0.2) is 0 Å². The summed E-state index contributed by atoms with van der Waals surface area (Å²) in [7, 11) is -7.49. The maximum absolute atomic E-state index is 10.4. The van der Waals surface area contributed by atoms with Crippen molar-refractivity contribution in [2.45, 2.75) is 38.5 Å². The molecule has 0 heterocycles. The average Bonchev–Trinajstić information content (AvgIpc) is 2.17. The van der Waals surface area contributed by atoms with Crippen molar-refractivity contribution in [2.24, 2.45) is 0 Å². The van der Waals surface area contributed by atoms with Crippen molar-refractivity contribution in [3.8, 4) is 0 Å². The minimum absolute atomic E-state index is 0. The number of hydrogen-bond donors (Lipinski definition) is 0. The zero-order chi connectivity index (χ0) is 14.1. The molecule has 12 heteroatoms. The molecule has 0 saturated carbocycles. The molecule has 0 saturated heterocycles. The van der Waals surface area contributed by atoms with Gasteiger partial charge in [-0.1, -0.05) is 25.7 Å². The van der Waals surface area contributed by atoms with Gasteiger partial charge in [0.25, 0.3) is 0 Å². The molecule has 0 aliphatic carbocycles. The smallest absolute Gasteiger partial charge is 0.748 e. The molecule has 0 N–H and O–H groups in total. The van der Waals surface area contributed by atoms with Crippen LogP contribution in [0.5, 0.6) is 0 Å². The summed E-state index contributed by atoms with van der Waals surface area (Å²) < 4.78 is 50.6. The summed E-state index contributed by atoms with van der Waals surface area (Å²) >= 11 is 8.08. The van der Waals surface area contributed by atoms with Gasteiger partial charge < -0.3 is 9.11 Å². The summed E-state index contributed by atoms with van der Waals surface area (Å²) in [6.45, 7) is 0.228. The van der Waals surface area contributed by atoms with Crippen LogP contribution in [0.1, 0.15) is 38.5 Å². The molecule has 0 aromatic carbocycles. The van der Waals surface area contributed by atoms with Crippen LogP contribution in [0, 0.1) is 0 Å². The molecule has 0 spiro atoms. The maximum atomic E-state index is 10.4. The quantitative estimate of drug-likeness (QED) is 0.259. The van der Waals surface area contributed by atoms with Crippen LogP contribution in [0.4, 0.5) is 0 Å². The molecule has 0 aromatic rings. The Morgan fingerprint density at radius 3 is 1.20 bits per heavy atom. The fourth-order valence-electron chi connectivity index (χ4n) is 1.23. The number of rotatable bonds is 11. The molecule has 0 aliphatic heterocycles. The maximum Gasteiger partial charge on any atom is 1.00 e. The van der Waals surface area contributed by atoms with Gasteiger partial charge in [0.05, 0.1) is 31.3 Å². The predicted octanol–water partition coefficient (Wildman–Crippen LogP) is -5.05. The van der Waals surface area contributed by atoms with Crippen molar-refractivity contribution in [3.63, 3.8) is 0 Å². The summed E-state index contributed by atoms with van der Waals surface area (Å²) in [6.07, 6.45) is 4.78. The van der Waals surface area contributed by atoms with Gasteiger partial charge in [-0.3, -0.25) is 8.37 Å². The van der Waals surface area contributed by atoms with E-state index >= 15 is 0 Å². The molecular weight excluding hydrogens is 366 g/mol. The van der Waals surface area contributed by atoms with Crippen LogP contribution in [0.3, 0.4) is 0 Å². The van der Waals surface area contributed by atoms with Crippen LogP contribution < -0.4 is 59.1 Å². The Labute approximate surface area is 175 Å². The molecule has 0 aliphatic rings. The van der Waals surface area contributed by atoms with Crippen LogP contribution in [0.25, 0.3) is 0 Å². The van der Waals surface area contributed by atoms with Gasteiger partial charge in [-0.15, -0.1) is 0 Å². The van der Waals surface area contributed by atoms with E-state index in [1.54, 1.807) is 0 Å². The summed E-state index contributed by atoms with van der Waals surface area (Å²) in [4.78, 5) is 0. The second-order valence-corrected chi connectivity index (χ2v) is 8.14. The summed E-state index contributed by atoms with van der Waals surface area (Å²) in [5.74, 6) is 0. The summed E-state index contributed by atoms with van der Waals surface area (Å²) in [5.41, 5.74) is 0. The van der Waals surface area contributed by atoms with E-state index in [1.165, 1.54) is 0 Å². The van der Waals surface area contributed by atoms with Crippen LogP contribution >= 0.6 is 0 Å². The van der Waals surface area contributed by atoms with E-state index in [2.05, 4.69) is 30.7 Å². The molecule has 2 atom stereocenters. The molecular formula is C8H16Na2O6S4. The largest absolute Gasteiger partial charge is 1.00 e. The Morgan fingerprint density at radius 2 is 0.950 bits per heavy atom. The minimum Gasteiger partial charge on any atom is -0.748 e. The first-order chi connectivity index (χ1) is 8.21. The van der Waals surface area contributed by atoms with Gasteiger partial charge >= 0.3 is 59.1 Å². The molecule has 20 heavy (non-hydrogen) atoms. The van der Waals surface area contributed by atoms with Gasteiger partial charge in [0.15, 0.2) is 0 Å². The van der Waals surface area contributed by atoms with Crippen molar-refractivity contribution in [3.05, 3.63) is 0 Å². The third-order valence-electron chi connectivity index (χ3n) is 1.99. The van der Waals surface area contributed by atoms with Gasteiger partial charge in [0, 0.05) is 0 Å². The Kier molecular flexibility index (Phi) is 20.7. The van der Waals surface area contributed by atoms with Gasteiger partial charge in [-0.2, -0.15) is 0 Å². The molecule has 2 unspecified atom stereocenters. The first-order valence-electron chi connectivity index (χ1n) is 5.41. The molecule has 0 bridgehead atoms. The molecule has 0 fully saturated rings. The summed E-state index contributed by atoms with van der Waals surface area (Å²) in [5, 5.41) is 0. The fourth-order valence-corrected chi connectivity index (χ4v) is 2.29. The van der Waals surface area contributed by atoms with E-state index < -0.39 is 18.1 Å². The predicted molar refractivity (Wildman–Crippen MR) is 72.2 cm³/mol.